The van der Waals surface area contributed by atoms with Crippen molar-refractivity contribution in [2.75, 3.05) is 6.54 Å². The van der Waals surface area contributed by atoms with Gasteiger partial charge in [-0.3, -0.25) is 4.68 Å². The largest absolute Gasteiger partial charge is 0.306 e. The van der Waals surface area contributed by atoms with Crippen molar-refractivity contribution in [2.45, 2.75) is 26.3 Å². The summed E-state index contributed by atoms with van der Waals surface area (Å²) >= 11 is 5.39. The maximum absolute atomic E-state index is 4.27. The number of hydrogen-bond donors (Lipinski definition) is 1. The molecule has 0 saturated carbocycles. The zero-order valence-electron chi connectivity index (χ0n) is 10.9. The van der Waals surface area contributed by atoms with Gasteiger partial charge >= 0.3 is 0 Å². The Hall–Kier alpha value is -0.650. The monoisotopic (exact) mass is 327 g/mol. The van der Waals surface area contributed by atoms with Crippen molar-refractivity contribution in [3.05, 3.63) is 38.3 Å². The van der Waals surface area contributed by atoms with Crippen LogP contribution in [-0.4, -0.2) is 16.3 Å². The van der Waals surface area contributed by atoms with E-state index in [-0.39, 0.29) is 6.04 Å². The van der Waals surface area contributed by atoms with Crippen LogP contribution in [0.15, 0.2) is 22.2 Å². The Kier molecular flexibility index (Phi) is 4.59. The molecule has 0 bridgehead atoms. The number of nitrogens with zero attached hydrogens (tertiary/aromatic N) is 2. The molecule has 18 heavy (non-hydrogen) atoms. The fourth-order valence-corrected chi connectivity index (χ4v) is 3.56. The van der Waals surface area contributed by atoms with E-state index in [1.165, 1.54) is 19.8 Å². The van der Waals surface area contributed by atoms with Crippen molar-refractivity contribution in [3.8, 4) is 0 Å². The first-order valence-corrected chi connectivity index (χ1v) is 7.70. The number of aromatic nitrogens is 2. The molecule has 0 aromatic carbocycles. The number of rotatable bonds is 5. The highest BCUT2D eigenvalue weighted by atomic mass is 79.9. The summed E-state index contributed by atoms with van der Waals surface area (Å²) in [6.45, 7) is 5.32. The minimum atomic E-state index is 0.244. The van der Waals surface area contributed by atoms with E-state index in [4.69, 9.17) is 0 Å². The molecule has 1 atom stereocenters. The van der Waals surface area contributed by atoms with Crippen LogP contribution in [0.3, 0.4) is 0 Å². The maximum atomic E-state index is 4.27. The standard InChI is InChI=1S/C13H18BrN3S/c1-4-5-15-12(10-7-16-17(3)8-10)11-6-9(2)13(14)18-11/h6-8,12,15H,4-5H2,1-3H3. The zero-order valence-corrected chi connectivity index (χ0v) is 13.3. The van der Waals surface area contributed by atoms with Crippen LogP contribution in [0.4, 0.5) is 0 Å². The quantitative estimate of drug-likeness (QED) is 0.908. The first-order valence-electron chi connectivity index (χ1n) is 6.09. The second kappa shape index (κ2) is 5.99. The Morgan fingerprint density at radius 1 is 1.56 bits per heavy atom. The van der Waals surface area contributed by atoms with E-state index < -0.39 is 0 Å². The Balaban J connectivity index is 2.30. The second-order valence-electron chi connectivity index (χ2n) is 4.44. The Labute approximate surface area is 120 Å². The van der Waals surface area contributed by atoms with E-state index >= 15 is 0 Å². The average molecular weight is 328 g/mol. The van der Waals surface area contributed by atoms with Crippen LogP contribution in [0.5, 0.6) is 0 Å². The van der Waals surface area contributed by atoms with Crippen molar-refractivity contribution >= 4 is 27.3 Å². The van der Waals surface area contributed by atoms with Crippen LogP contribution >= 0.6 is 27.3 Å². The zero-order chi connectivity index (χ0) is 13.1. The van der Waals surface area contributed by atoms with Gasteiger partial charge in [-0.25, -0.2) is 0 Å². The summed E-state index contributed by atoms with van der Waals surface area (Å²) in [6, 6.07) is 2.49. The number of halogens is 1. The number of aryl methyl sites for hydroxylation is 2. The summed E-state index contributed by atoms with van der Waals surface area (Å²) in [5.74, 6) is 0. The molecule has 1 unspecified atom stereocenters. The normalized spacial score (nSPS) is 12.9. The minimum Gasteiger partial charge on any atom is -0.306 e. The van der Waals surface area contributed by atoms with Gasteiger partial charge in [0.25, 0.3) is 0 Å². The fourth-order valence-electron chi connectivity index (χ4n) is 1.89. The summed E-state index contributed by atoms with van der Waals surface area (Å²) < 4.78 is 3.07. The van der Waals surface area contributed by atoms with Gasteiger partial charge in [0.05, 0.1) is 16.0 Å². The first-order chi connectivity index (χ1) is 8.61. The molecule has 0 aliphatic rings. The summed E-state index contributed by atoms with van der Waals surface area (Å²) in [5, 5.41) is 7.86. The van der Waals surface area contributed by atoms with Crippen LogP contribution in [0.1, 0.15) is 35.4 Å². The predicted molar refractivity (Wildman–Crippen MR) is 80.1 cm³/mol. The van der Waals surface area contributed by atoms with Crippen LogP contribution < -0.4 is 5.32 Å². The molecule has 0 aliphatic heterocycles. The van der Waals surface area contributed by atoms with Crippen molar-refractivity contribution in [1.29, 1.82) is 0 Å². The third-order valence-electron chi connectivity index (χ3n) is 2.82. The van der Waals surface area contributed by atoms with E-state index in [0.29, 0.717) is 0 Å². The van der Waals surface area contributed by atoms with Gasteiger partial charge < -0.3 is 5.32 Å². The third kappa shape index (κ3) is 3.02. The molecule has 0 saturated heterocycles. The van der Waals surface area contributed by atoms with Gasteiger partial charge in [0.1, 0.15) is 0 Å². The topological polar surface area (TPSA) is 29.9 Å². The molecule has 0 fully saturated rings. The van der Waals surface area contributed by atoms with Crippen molar-refractivity contribution in [3.63, 3.8) is 0 Å². The lowest BCUT2D eigenvalue weighted by atomic mass is 10.1. The van der Waals surface area contributed by atoms with Crippen LogP contribution in [0.2, 0.25) is 0 Å². The summed E-state index contributed by atoms with van der Waals surface area (Å²) in [4.78, 5) is 1.33. The van der Waals surface area contributed by atoms with Gasteiger partial charge in [-0.2, -0.15) is 5.10 Å². The summed E-state index contributed by atoms with van der Waals surface area (Å²) in [5.41, 5.74) is 2.52. The second-order valence-corrected chi connectivity index (χ2v) is 6.84. The molecule has 0 radical (unpaired) electrons. The highest BCUT2D eigenvalue weighted by Gasteiger charge is 2.18. The smallest absolute Gasteiger partial charge is 0.0731 e. The molecule has 0 spiro atoms. The van der Waals surface area contributed by atoms with Crippen molar-refractivity contribution in [1.82, 2.24) is 15.1 Å². The first kappa shape index (κ1) is 13.8. The van der Waals surface area contributed by atoms with Gasteiger partial charge in [-0.15, -0.1) is 11.3 Å². The molecule has 2 aromatic heterocycles. The molecular weight excluding hydrogens is 310 g/mol. The van der Waals surface area contributed by atoms with E-state index in [1.54, 1.807) is 11.3 Å². The third-order valence-corrected chi connectivity index (χ3v) is 5.02. The van der Waals surface area contributed by atoms with Crippen molar-refractivity contribution < 1.29 is 0 Å². The van der Waals surface area contributed by atoms with Gasteiger partial charge in [0.15, 0.2) is 0 Å². The van der Waals surface area contributed by atoms with E-state index in [0.717, 1.165) is 13.0 Å². The van der Waals surface area contributed by atoms with E-state index in [1.807, 2.05) is 17.9 Å². The minimum absolute atomic E-state index is 0.244. The molecule has 0 aliphatic carbocycles. The van der Waals surface area contributed by atoms with E-state index in [2.05, 4.69) is 52.5 Å². The number of thiophene rings is 1. The molecule has 0 amide bonds. The fraction of sp³-hybridized carbons (Fsp3) is 0.462. The molecule has 2 rings (SSSR count). The highest BCUT2D eigenvalue weighted by molar-refractivity contribution is 9.11. The lowest BCUT2D eigenvalue weighted by Crippen LogP contribution is -2.22. The van der Waals surface area contributed by atoms with Crippen molar-refractivity contribution in [2.24, 2.45) is 7.05 Å². The van der Waals surface area contributed by atoms with Gasteiger partial charge in [0, 0.05) is 23.7 Å². The van der Waals surface area contributed by atoms with Crippen LogP contribution in [-0.2, 0) is 7.05 Å². The average Bonchev–Trinajstić information content (AvgIpc) is 2.88. The molecule has 1 N–H and O–H groups in total. The van der Waals surface area contributed by atoms with Gasteiger partial charge in [0.2, 0.25) is 0 Å². The predicted octanol–water partition coefficient (Wildman–Crippen LogP) is 3.64. The maximum Gasteiger partial charge on any atom is 0.0731 e. The summed E-state index contributed by atoms with van der Waals surface area (Å²) in [7, 11) is 1.95. The Bertz CT molecular complexity index is 499. The SMILES string of the molecule is CCCNC(c1cnn(C)c1)c1cc(C)c(Br)s1. The Morgan fingerprint density at radius 3 is 2.83 bits per heavy atom. The number of nitrogens with one attached hydrogen (secondary N) is 1. The lowest BCUT2D eigenvalue weighted by molar-refractivity contribution is 0.605. The molecule has 5 heteroatoms. The molecule has 98 valence electrons. The molecule has 2 heterocycles. The molecule has 2 aromatic rings. The van der Waals surface area contributed by atoms with Crippen LogP contribution in [0, 0.1) is 6.92 Å². The molecular formula is C13H18BrN3S. The van der Waals surface area contributed by atoms with E-state index in [9.17, 15) is 0 Å². The molecule has 3 nitrogen and oxygen atoms in total. The lowest BCUT2D eigenvalue weighted by Gasteiger charge is -2.15. The number of hydrogen-bond acceptors (Lipinski definition) is 3. The highest BCUT2D eigenvalue weighted by Crippen LogP contribution is 2.34. The summed E-state index contributed by atoms with van der Waals surface area (Å²) in [6.07, 6.45) is 5.15. The van der Waals surface area contributed by atoms with Gasteiger partial charge in [-0.1, -0.05) is 6.92 Å². The van der Waals surface area contributed by atoms with Crippen LogP contribution in [0.25, 0.3) is 0 Å². The Morgan fingerprint density at radius 2 is 2.33 bits per heavy atom. The van der Waals surface area contributed by atoms with Gasteiger partial charge in [-0.05, 0) is 47.4 Å².